The predicted molar refractivity (Wildman–Crippen MR) is 143 cm³/mol. The van der Waals surface area contributed by atoms with Crippen LogP contribution < -0.4 is 34.7 Å². The molecule has 8 nitrogen and oxygen atoms in total. The fourth-order valence-corrected chi connectivity index (χ4v) is 3.63. The molecule has 8 heteroatoms. The number of nitrogens with one attached hydrogen (secondary N) is 1. The van der Waals surface area contributed by atoms with Crippen LogP contribution in [0.4, 0.5) is 11.4 Å². The molecule has 0 aromatic heterocycles. The summed E-state index contributed by atoms with van der Waals surface area (Å²) in [4.78, 5) is 12.6. The second-order valence-corrected chi connectivity index (χ2v) is 7.49. The quantitative estimate of drug-likeness (QED) is 0.162. The molecule has 0 fully saturated rings. The molecule has 0 aliphatic rings. The van der Waals surface area contributed by atoms with Crippen molar-refractivity contribution in [3.8, 4) is 28.7 Å². The van der Waals surface area contributed by atoms with E-state index >= 15 is 0 Å². The first-order valence-corrected chi connectivity index (χ1v) is 11.0. The van der Waals surface area contributed by atoms with Gasteiger partial charge in [0.2, 0.25) is 5.75 Å². The summed E-state index contributed by atoms with van der Waals surface area (Å²) in [7, 11) is 7.80. The van der Waals surface area contributed by atoms with Crippen molar-refractivity contribution in [3.63, 3.8) is 0 Å². The molecule has 36 heavy (non-hydrogen) atoms. The van der Waals surface area contributed by atoms with E-state index in [0.29, 0.717) is 45.7 Å². The Morgan fingerprint density at radius 1 is 0.778 bits per heavy atom. The lowest BCUT2D eigenvalue weighted by atomic mass is 10.1. The van der Waals surface area contributed by atoms with Gasteiger partial charge in [0, 0.05) is 29.1 Å². The van der Waals surface area contributed by atoms with Crippen LogP contribution in [-0.4, -0.2) is 41.3 Å². The number of hydrogen-bond acceptors (Lipinski definition) is 8. The topological polar surface area (TPSA) is 101 Å². The molecular formula is C28H30N2O6. The Kier molecular flexibility index (Phi) is 8.83. The van der Waals surface area contributed by atoms with Gasteiger partial charge in [0.1, 0.15) is 0 Å². The molecule has 0 atom stereocenters. The van der Waals surface area contributed by atoms with Gasteiger partial charge in [-0.15, -0.1) is 0 Å². The van der Waals surface area contributed by atoms with Gasteiger partial charge in [-0.1, -0.05) is 24.3 Å². The second kappa shape index (κ2) is 12.2. The predicted octanol–water partition coefficient (Wildman–Crippen LogP) is 5.29. The summed E-state index contributed by atoms with van der Waals surface area (Å²) in [5.41, 5.74) is 9.00. The maximum absolute atomic E-state index is 12.6. The summed E-state index contributed by atoms with van der Waals surface area (Å²) in [6.07, 6.45) is 6.76. The zero-order chi connectivity index (χ0) is 26.1. The van der Waals surface area contributed by atoms with E-state index in [-0.39, 0.29) is 5.78 Å². The third-order valence-corrected chi connectivity index (χ3v) is 5.41. The van der Waals surface area contributed by atoms with Crippen LogP contribution in [-0.2, 0) is 0 Å². The van der Waals surface area contributed by atoms with Crippen LogP contribution in [0.3, 0.4) is 0 Å². The van der Waals surface area contributed by atoms with E-state index in [9.17, 15) is 4.79 Å². The second-order valence-electron chi connectivity index (χ2n) is 7.49. The molecule has 3 aromatic rings. The van der Waals surface area contributed by atoms with E-state index in [0.717, 1.165) is 11.1 Å². The zero-order valence-electron chi connectivity index (χ0n) is 21.0. The largest absolute Gasteiger partial charge is 0.493 e. The van der Waals surface area contributed by atoms with Gasteiger partial charge < -0.3 is 34.7 Å². The fraction of sp³-hybridized carbons (Fsp3) is 0.179. The number of nitrogen functional groups attached to an aromatic ring is 1. The molecule has 3 N–H and O–H groups in total. The van der Waals surface area contributed by atoms with Gasteiger partial charge in [-0.25, -0.2) is 0 Å². The molecule has 0 unspecified atom stereocenters. The molecule has 0 spiro atoms. The zero-order valence-corrected chi connectivity index (χ0v) is 21.0. The monoisotopic (exact) mass is 490 g/mol. The summed E-state index contributed by atoms with van der Waals surface area (Å²) >= 11 is 0. The van der Waals surface area contributed by atoms with Crippen molar-refractivity contribution in [2.75, 3.05) is 46.6 Å². The van der Waals surface area contributed by atoms with Gasteiger partial charge in [0.05, 0.1) is 41.2 Å². The Bertz CT molecular complexity index is 1260. The maximum atomic E-state index is 12.6. The standard InChI is InChI=1S/C28H30N2O6/c1-32-23-13-12-19(11-10-18-16-24(33-2)27(35-4)25(17-18)34-3)26(28(23)36-5)30-15-14-22(31)20-8-6-7-9-21(20)29/h6-17,30H,29H2,1-5H3/b11-10-,15-14-. The van der Waals surface area contributed by atoms with Crippen molar-refractivity contribution >= 4 is 29.3 Å². The number of hydrogen-bond donors (Lipinski definition) is 2. The molecule has 0 aliphatic carbocycles. The minimum atomic E-state index is -0.225. The van der Waals surface area contributed by atoms with Crippen LogP contribution in [0, 0.1) is 0 Å². The fourth-order valence-electron chi connectivity index (χ4n) is 3.63. The van der Waals surface area contributed by atoms with E-state index < -0.39 is 0 Å². The molecule has 0 saturated carbocycles. The third kappa shape index (κ3) is 5.72. The number of para-hydroxylation sites is 1. The number of carbonyl (C=O) groups excluding carboxylic acids is 1. The first kappa shape index (κ1) is 26.0. The lowest BCUT2D eigenvalue weighted by Gasteiger charge is -2.15. The van der Waals surface area contributed by atoms with Crippen LogP contribution >= 0.6 is 0 Å². The number of rotatable bonds is 11. The number of ketones is 1. The molecule has 0 aliphatic heterocycles. The Hall–Kier alpha value is -4.59. The first-order chi connectivity index (χ1) is 17.5. The maximum Gasteiger partial charge on any atom is 0.203 e. The van der Waals surface area contributed by atoms with Gasteiger partial charge in [0.15, 0.2) is 28.8 Å². The Morgan fingerprint density at radius 3 is 2.00 bits per heavy atom. The summed E-state index contributed by atoms with van der Waals surface area (Å²) in [6, 6.07) is 14.3. The minimum absolute atomic E-state index is 0.225. The highest BCUT2D eigenvalue weighted by atomic mass is 16.5. The number of anilines is 2. The molecule has 3 aromatic carbocycles. The van der Waals surface area contributed by atoms with Crippen molar-refractivity contribution in [1.82, 2.24) is 0 Å². The van der Waals surface area contributed by atoms with E-state index in [2.05, 4.69) is 5.32 Å². The van der Waals surface area contributed by atoms with Gasteiger partial charge in [0.25, 0.3) is 0 Å². The number of nitrogens with two attached hydrogens (primary N) is 1. The highest BCUT2D eigenvalue weighted by Gasteiger charge is 2.15. The molecule has 3 rings (SSSR count). The lowest BCUT2D eigenvalue weighted by molar-refractivity contribution is 0.104. The van der Waals surface area contributed by atoms with Crippen LogP contribution in [0.1, 0.15) is 21.5 Å². The lowest BCUT2D eigenvalue weighted by Crippen LogP contribution is -2.02. The highest BCUT2D eigenvalue weighted by molar-refractivity contribution is 6.08. The van der Waals surface area contributed by atoms with Crippen LogP contribution in [0.5, 0.6) is 28.7 Å². The highest BCUT2D eigenvalue weighted by Crippen LogP contribution is 2.40. The van der Waals surface area contributed by atoms with Gasteiger partial charge in [-0.2, -0.15) is 0 Å². The number of benzene rings is 3. The van der Waals surface area contributed by atoms with Crippen molar-refractivity contribution in [1.29, 1.82) is 0 Å². The van der Waals surface area contributed by atoms with Gasteiger partial charge in [-0.3, -0.25) is 4.79 Å². The summed E-state index contributed by atoms with van der Waals surface area (Å²) < 4.78 is 27.3. The SMILES string of the molecule is COc1cc(/C=C\c2ccc(OC)c(OC)c2N/C=C\C(=O)c2ccccc2N)cc(OC)c1OC. The molecule has 0 heterocycles. The number of ether oxygens (including phenoxy) is 5. The average Bonchev–Trinajstić information content (AvgIpc) is 2.91. The summed E-state index contributed by atoms with van der Waals surface area (Å²) in [5.74, 6) is 2.40. The smallest absolute Gasteiger partial charge is 0.203 e. The molecular weight excluding hydrogens is 460 g/mol. The third-order valence-electron chi connectivity index (χ3n) is 5.41. The first-order valence-electron chi connectivity index (χ1n) is 11.0. The van der Waals surface area contributed by atoms with E-state index in [4.69, 9.17) is 29.4 Å². The number of carbonyl (C=O) groups is 1. The Labute approximate surface area is 210 Å². The molecule has 0 radical (unpaired) electrons. The van der Waals surface area contributed by atoms with Crippen LogP contribution in [0.25, 0.3) is 12.2 Å². The normalized spacial score (nSPS) is 10.9. The molecule has 0 amide bonds. The van der Waals surface area contributed by atoms with Crippen molar-refractivity contribution in [2.45, 2.75) is 0 Å². The number of allylic oxidation sites excluding steroid dienone is 1. The van der Waals surface area contributed by atoms with Crippen LogP contribution in [0.2, 0.25) is 0 Å². The Balaban J connectivity index is 1.97. The van der Waals surface area contributed by atoms with Crippen molar-refractivity contribution in [2.24, 2.45) is 0 Å². The van der Waals surface area contributed by atoms with Gasteiger partial charge in [-0.05, 0) is 42.0 Å². The Morgan fingerprint density at radius 2 is 1.42 bits per heavy atom. The van der Waals surface area contributed by atoms with E-state index in [1.165, 1.54) is 6.08 Å². The van der Waals surface area contributed by atoms with Gasteiger partial charge >= 0.3 is 0 Å². The molecule has 0 saturated heterocycles. The minimum Gasteiger partial charge on any atom is -0.493 e. The van der Waals surface area contributed by atoms with Crippen molar-refractivity contribution < 1.29 is 28.5 Å². The van der Waals surface area contributed by atoms with E-state index in [1.807, 2.05) is 30.4 Å². The summed E-state index contributed by atoms with van der Waals surface area (Å²) in [5, 5.41) is 3.16. The van der Waals surface area contributed by atoms with Crippen LogP contribution in [0.15, 0.2) is 60.8 Å². The number of methoxy groups -OCH3 is 5. The van der Waals surface area contributed by atoms with Crippen molar-refractivity contribution in [3.05, 3.63) is 77.5 Å². The summed E-state index contributed by atoms with van der Waals surface area (Å²) in [6.45, 7) is 0. The van der Waals surface area contributed by atoms with E-state index in [1.54, 1.807) is 72.1 Å². The molecule has 0 bridgehead atoms. The average molecular weight is 491 g/mol. The molecule has 188 valence electrons.